The molecule has 1 fully saturated rings. The second-order valence-corrected chi connectivity index (χ2v) is 6.92. The van der Waals surface area contributed by atoms with Crippen molar-refractivity contribution in [3.8, 4) is 0 Å². The molecule has 5 nitrogen and oxygen atoms in total. The van der Waals surface area contributed by atoms with Gasteiger partial charge in [0.25, 0.3) is 5.91 Å². The van der Waals surface area contributed by atoms with Crippen LogP contribution in [0.5, 0.6) is 0 Å². The number of nitrogens with zero attached hydrogens (tertiary/aromatic N) is 1. The fourth-order valence-corrected chi connectivity index (χ4v) is 3.05. The SMILES string of the molecule is CC(C)[C@@H](NC(=O)c1ccc(CN2CCCCCC2)cc1)C(=O)O. The Morgan fingerprint density at radius 1 is 1.08 bits per heavy atom. The number of likely N-dealkylation sites (tertiary alicyclic amines) is 1. The molecule has 1 saturated heterocycles. The molecular formula is C19H28N2O3. The Bertz CT molecular complexity index is 546. The molecule has 1 atom stereocenters. The summed E-state index contributed by atoms with van der Waals surface area (Å²) in [6.45, 7) is 6.74. The number of nitrogens with one attached hydrogen (secondary N) is 1. The molecule has 0 saturated carbocycles. The van der Waals surface area contributed by atoms with Crippen LogP contribution in [0.3, 0.4) is 0 Å². The van der Waals surface area contributed by atoms with Gasteiger partial charge in [-0.2, -0.15) is 0 Å². The largest absolute Gasteiger partial charge is 0.480 e. The summed E-state index contributed by atoms with van der Waals surface area (Å²) < 4.78 is 0. The van der Waals surface area contributed by atoms with E-state index in [2.05, 4.69) is 10.2 Å². The molecule has 1 aromatic carbocycles. The Morgan fingerprint density at radius 2 is 1.67 bits per heavy atom. The first kappa shape index (κ1) is 18.5. The summed E-state index contributed by atoms with van der Waals surface area (Å²) in [5.41, 5.74) is 1.69. The molecule has 0 spiro atoms. The van der Waals surface area contributed by atoms with Gasteiger partial charge in [0.15, 0.2) is 0 Å². The van der Waals surface area contributed by atoms with E-state index in [0.717, 1.165) is 19.6 Å². The van der Waals surface area contributed by atoms with Crippen molar-refractivity contribution in [3.05, 3.63) is 35.4 Å². The second-order valence-electron chi connectivity index (χ2n) is 6.92. The monoisotopic (exact) mass is 332 g/mol. The predicted octanol–water partition coefficient (Wildman–Crippen LogP) is 2.90. The van der Waals surface area contributed by atoms with Crippen molar-refractivity contribution in [2.45, 2.75) is 52.1 Å². The molecule has 5 heteroatoms. The van der Waals surface area contributed by atoms with Gasteiger partial charge in [0.2, 0.25) is 0 Å². The van der Waals surface area contributed by atoms with E-state index in [0.29, 0.717) is 5.56 Å². The molecule has 0 aliphatic carbocycles. The van der Waals surface area contributed by atoms with Crippen LogP contribution in [0.2, 0.25) is 0 Å². The lowest BCUT2D eigenvalue weighted by Crippen LogP contribution is -2.44. The number of amides is 1. The zero-order chi connectivity index (χ0) is 17.5. The highest BCUT2D eigenvalue weighted by Gasteiger charge is 2.23. The van der Waals surface area contributed by atoms with Crippen molar-refractivity contribution in [2.24, 2.45) is 5.92 Å². The van der Waals surface area contributed by atoms with E-state index in [1.54, 1.807) is 26.0 Å². The minimum absolute atomic E-state index is 0.159. The van der Waals surface area contributed by atoms with Crippen LogP contribution in [-0.4, -0.2) is 41.0 Å². The molecule has 0 radical (unpaired) electrons. The highest BCUT2D eigenvalue weighted by atomic mass is 16.4. The van der Waals surface area contributed by atoms with Crippen molar-refractivity contribution in [1.82, 2.24) is 10.2 Å². The highest BCUT2D eigenvalue weighted by Crippen LogP contribution is 2.14. The van der Waals surface area contributed by atoms with Crippen LogP contribution in [0.4, 0.5) is 0 Å². The zero-order valence-corrected chi connectivity index (χ0v) is 14.6. The van der Waals surface area contributed by atoms with Gasteiger partial charge in [-0.1, -0.05) is 38.8 Å². The molecule has 0 aromatic heterocycles. The van der Waals surface area contributed by atoms with Crippen LogP contribution in [0.1, 0.15) is 55.5 Å². The van der Waals surface area contributed by atoms with E-state index in [1.807, 2.05) is 12.1 Å². The van der Waals surface area contributed by atoms with Crippen LogP contribution in [0, 0.1) is 5.92 Å². The number of carboxylic acids is 1. The molecule has 0 unspecified atom stereocenters. The van der Waals surface area contributed by atoms with Crippen molar-refractivity contribution in [3.63, 3.8) is 0 Å². The Morgan fingerprint density at radius 3 is 2.17 bits per heavy atom. The highest BCUT2D eigenvalue weighted by molar-refractivity contribution is 5.96. The van der Waals surface area contributed by atoms with Crippen molar-refractivity contribution in [1.29, 1.82) is 0 Å². The summed E-state index contributed by atoms with van der Waals surface area (Å²) in [5, 5.41) is 11.8. The number of carboxylic acid groups (broad SMARTS) is 1. The summed E-state index contributed by atoms with van der Waals surface area (Å²) in [4.78, 5) is 25.9. The molecule has 132 valence electrons. The summed E-state index contributed by atoms with van der Waals surface area (Å²) in [6.07, 6.45) is 5.14. The summed E-state index contributed by atoms with van der Waals surface area (Å²) in [6, 6.07) is 6.62. The summed E-state index contributed by atoms with van der Waals surface area (Å²) >= 11 is 0. The maximum atomic E-state index is 12.2. The van der Waals surface area contributed by atoms with Crippen LogP contribution in [-0.2, 0) is 11.3 Å². The van der Waals surface area contributed by atoms with E-state index < -0.39 is 12.0 Å². The van der Waals surface area contributed by atoms with Crippen LogP contribution in [0.15, 0.2) is 24.3 Å². The number of carbonyl (C=O) groups excluding carboxylic acids is 1. The number of benzene rings is 1. The third-order valence-corrected chi connectivity index (χ3v) is 4.54. The molecule has 2 N–H and O–H groups in total. The zero-order valence-electron chi connectivity index (χ0n) is 14.6. The molecule has 2 rings (SSSR count). The molecular weight excluding hydrogens is 304 g/mol. The maximum Gasteiger partial charge on any atom is 0.326 e. The van der Waals surface area contributed by atoms with E-state index in [4.69, 9.17) is 5.11 Å². The fraction of sp³-hybridized carbons (Fsp3) is 0.579. The number of aliphatic carboxylic acids is 1. The lowest BCUT2D eigenvalue weighted by atomic mass is 10.0. The van der Waals surface area contributed by atoms with Gasteiger partial charge >= 0.3 is 5.97 Å². The Hall–Kier alpha value is -1.88. The van der Waals surface area contributed by atoms with E-state index in [1.165, 1.54) is 31.2 Å². The first-order chi connectivity index (χ1) is 11.5. The van der Waals surface area contributed by atoms with Gasteiger partial charge in [0.1, 0.15) is 6.04 Å². The smallest absolute Gasteiger partial charge is 0.326 e. The van der Waals surface area contributed by atoms with Crippen LogP contribution >= 0.6 is 0 Å². The van der Waals surface area contributed by atoms with Gasteiger partial charge in [0.05, 0.1) is 0 Å². The first-order valence-electron chi connectivity index (χ1n) is 8.82. The third kappa shape index (κ3) is 5.34. The molecule has 1 aliphatic heterocycles. The number of hydrogen-bond acceptors (Lipinski definition) is 3. The van der Waals surface area contributed by atoms with Gasteiger partial charge in [-0.3, -0.25) is 9.69 Å². The fourth-order valence-electron chi connectivity index (χ4n) is 3.05. The minimum atomic E-state index is -1.00. The number of rotatable bonds is 6. The molecule has 1 heterocycles. The van der Waals surface area contributed by atoms with Gasteiger partial charge in [-0.15, -0.1) is 0 Å². The predicted molar refractivity (Wildman–Crippen MR) is 93.9 cm³/mol. The standard InChI is InChI=1S/C19H28N2O3/c1-14(2)17(19(23)24)20-18(22)16-9-7-15(8-10-16)13-21-11-5-3-4-6-12-21/h7-10,14,17H,3-6,11-13H2,1-2H3,(H,20,22)(H,23,24)/t17-/m1/s1. The van der Waals surface area contributed by atoms with E-state index in [-0.39, 0.29) is 11.8 Å². The quantitative estimate of drug-likeness (QED) is 0.840. The molecule has 0 bridgehead atoms. The first-order valence-corrected chi connectivity index (χ1v) is 8.82. The average Bonchev–Trinajstić information content (AvgIpc) is 2.81. The lowest BCUT2D eigenvalue weighted by molar-refractivity contribution is -0.140. The lowest BCUT2D eigenvalue weighted by Gasteiger charge is -2.20. The van der Waals surface area contributed by atoms with Crippen LogP contribution in [0.25, 0.3) is 0 Å². The van der Waals surface area contributed by atoms with Crippen LogP contribution < -0.4 is 5.32 Å². The maximum absolute atomic E-state index is 12.2. The summed E-state index contributed by atoms with van der Waals surface area (Å²) in [5.74, 6) is -1.50. The second kappa shape index (κ2) is 8.83. The minimum Gasteiger partial charge on any atom is -0.480 e. The molecule has 1 aromatic rings. The third-order valence-electron chi connectivity index (χ3n) is 4.54. The number of carbonyl (C=O) groups is 2. The van der Waals surface area contributed by atoms with E-state index in [9.17, 15) is 9.59 Å². The van der Waals surface area contributed by atoms with Crippen molar-refractivity contribution < 1.29 is 14.7 Å². The molecule has 24 heavy (non-hydrogen) atoms. The van der Waals surface area contributed by atoms with Gasteiger partial charge < -0.3 is 10.4 Å². The van der Waals surface area contributed by atoms with Gasteiger partial charge in [-0.25, -0.2) is 4.79 Å². The van der Waals surface area contributed by atoms with Gasteiger partial charge in [-0.05, 0) is 49.5 Å². The Kier molecular flexibility index (Phi) is 6.79. The Balaban J connectivity index is 1.95. The van der Waals surface area contributed by atoms with E-state index >= 15 is 0 Å². The number of hydrogen-bond donors (Lipinski definition) is 2. The molecule has 1 amide bonds. The summed E-state index contributed by atoms with van der Waals surface area (Å²) in [7, 11) is 0. The van der Waals surface area contributed by atoms with Crippen molar-refractivity contribution in [2.75, 3.05) is 13.1 Å². The topological polar surface area (TPSA) is 69.6 Å². The Labute approximate surface area is 144 Å². The normalized spacial score (nSPS) is 17.3. The average molecular weight is 332 g/mol. The molecule has 1 aliphatic rings. The van der Waals surface area contributed by atoms with Gasteiger partial charge in [0, 0.05) is 12.1 Å². The van der Waals surface area contributed by atoms with Crippen molar-refractivity contribution >= 4 is 11.9 Å².